The molecule has 0 aliphatic heterocycles. The van der Waals surface area contributed by atoms with Gasteiger partial charge in [-0.3, -0.25) is 9.59 Å². The number of hydrogen-bond donors (Lipinski definition) is 3. The van der Waals surface area contributed by atoms with Crippen molar-refractivity contribution in [3.63, 3.8) is 0 Å². The molecule has 6 nitrogen and oxygen atoms in total. The predicted molar refractivity (Wildman–Crippen MR) is 111 cm³/mol. The largest absolute Gasteiger partial charge is 0.352 e. The molecular formula is C20H30N4O2S. The number of carbonyl (C=O) groups excluding carboxylic acids is 2. The first-order valence-corrected chi connectivity index (χ1v) is 10.3. The number of nitrogens with zero attached hydrogens (tertiary/aromatic N) is 1. The molecule has 0 unspecified atom stereocenters. The predicted octanol–water partition coefficient (Wildman–Crippen LogP) is 2.57. The minimum Gasteiger partial charge on any atom is -0.352 e. The lowest BCUT2D eigenvalue weighted by atomic mass is 9.99. The summed E-state index contributed by atoms with van der Waals surface area (Å²) in [5.41, 5.74) is 7.79. The maximum absolute atomic E-state index is 12.6. The summed E-state index contributed by atoms with van der Waals surface area (Å²) in [6, 6.07) is 5.61. The van der Waals surface area contributed by atoms with Gasteiger partial charge in [0.15, 0.2) is 0 Å². The van der Waals surface area contributed by atoms with Crippen LogP contribution in [0.3, 0.4) is 0 Å². The summed E-state index contributed by atoms with van der Waals surface area (Å²) in [4.78, 5) is 28.3. The number of benzene rings is 1. The standard InChI is InChI=1S/C20H30N4O2S/c1-12(2)15-5-6-16-18(9-15)27-19(24-16)10-17(22-11-25)20(26)23-14(4)13(3)7-8-21/h5-6,9,11-14,17H,7-8,10,21H2,1-4H3,(H,22,25)(H,23,26)/t13-,14-,17-/m0/s1. The van der Waals surface area contributed by atoms with Gasteiger partial charge in [0.2, 0.25) is 12.3 Å². The zero-order valence-corrected chi connectivity index (χ0v) is 17.3. The zero-order valence-electron chi connectivity index (χ0n) is 16.5. The van der Waals surface area contributed by atoms with E-state index >= 15 is 0 Å². The van der Waals surface area contributed by atoms with Crippen LogP contribution in [0.25, 0.3) is 10.2 Å². The van der Waals surface area contributed by atoms with Crippen LogP contribution in [0.1, 0.15) is 50.6 Å². The first-order chi connectivity index (χ1) is 12.8. The van der Waals surface area contributed by atoms with Crippen molar-refractivity contribution in [1.82, 2.24) is 15.6 Å². The second-order valence-corrected chi connectivity index (χ2v) is 8.50. The van der Waals surface area contributed by atoms with Crippen molar-refractivity contribution in [1.29, 1.82) is 0 Å². The SMILES string of the molecule is CC(C)c1ccc2nc(C[C@H](NC=O)C(=O)N[C@@H](C)[C@@H](C)CCN)sc2c1. The Bertz CT molecular complexity index is 774. The number of amides is 2. The van der Waals surface area contributed by atoms with Gasteiger partial charge in [-0.2, -0.15) is 0 Å². The molecule has 0 spiro atoms. The fourth-order valence-electron chi connectivity index (χ4n) is 2.90. The Kier molecular flexibility index (Phi) is 7.74. The van der Waals surface area contributed by atoms with Gasteiger partial charge in [0, 0.05) is 12.5 Å². The van der Waals surface area contributed by atoms with Crippen molar-refractivity contribution in [2.45, 2.75) is 58.5 Å². The summed E-state index contributed by atoms with van der Waals surface area (Å²) >= 11 is 1.57. The van der Waals surface area contributed by atoms with Crippen LogP contribution in [0, 0.1) is 5.92 Å². The molecule has 0 aliphatic carbocycles. The molecule has 2 amide bonds. The number of carbonyl (C=O) groups is 2. The monoisotopic (exact) mass is 390 g/mol. The van der Waals surface area contributed by atoms with Gasteiger partial charge in [-0.1, -0.05) is 26.8 Å². The Morgan fingerprint density at radius 2 is 2.04 bits per heavy atom. The van der Waals surface area contributed by atoms with Crippen LogP contribution in [0.2, 0.25) is 0 Å². The van der Waals surface area contributed by atoms with Crippen LogP contribution in [0.15, 0.2) is 18.2 Å². The number of rotatable bonds is 10. The third-order valence-corrected chi connectivity index (χ3v) is 5.97. The third kappa shape index (κ3) is 5.74. The van der Waals surface area contributed by atoms with E-state index < -0.39 is 6.04 Å². The first-order valence-electron chi connectivity index (χ1n) is 9.45. The lowest BCUT2D eigenvalue weighted by Crippen LogP contribution is -2.49. The molecule has 0 saturated heterocycles. The van der Waals surface area contributed by atoms with Crippen LogP contribution in [0.5, 0.6) is 0 Å². The van der Waals surface area contributed by atoms with E-state index in [-0.39, 0.29) is 17.9 Å². The molecule has 27 heavy (non-hydrogen) atoms. The van der Waals surface area contributed by atoms with Gasteiger partial charge < -0.3 is 16.4 Å². The van der Waals surface area contributed by atoms with Crippen LogP contribution in [-0.4, -0.2) is 35.9 Å². The smallest absolute Gasteiger partial charge is 0.243 e. The fourth-order valence-corrected chi connectivity index (χ4v) is 3.96. The maximum Gasteiger partial charge on any atom is 0.243 e. The van der Waals surface area contributed by atoms with E-state index in [0.29, 0.717) is 25.3 Å². The van der Waals surface area contributed by atoms with Crippen molar-refractivity contribution in [3.8, 4) is 0 Å². The first kappa shape index (κ1) is 21.3. The maximum atomic E-state index is 12.6. The average molecular weight is 391 g/mol. The highest BCUT2D eigenvalue weighted by Gasteiger charge is 2.23. The van der Waals surface area contributed by atoms with E-state index in [0.717, 1.165) is 21.6 Å². The summed E-state index contributed by atoms with van der Waals surface area (Å²) in [7, 11) is 0. The molecule has 0 aliphatic rings. The second kappa shape index (κ2) is 9.80. The molecule has 3 atom stereocenters. The summed E-state index contributed by atoms with van der Waals surface area (Å²) in [5.74, 6) is 0.528. The van der Waals surface area contributed by atoms with Crippen LogP contribution >= 0.6 is 11.3 Å². The molecule has 0 saturated carbocycles. The molecule has 0 radical (unpaired) electrons. The molecule has 2 rings (SSSR count). The number of nitrogens with one attached hydrogen (secondary N) is 2. The molecule has 1 aromatic heterocycles. The molecule has 148 valence electrons. The van der Waals surface area contributed by atoms with Crippen LogP contribution < -0.4 is 16.4 Å². The van der Waals surface area contributed by atoms with E-state index in [9.17, 15) is 9.59 Å². The normalized spacial score (nSPS) is 14.7. The quantitative estimate of drug-likeness (QED) is 0.543. The Hall–Kier alpha value is -1.99. The molecule has 2 aromatic rings. The summed E-state index contributed by atoms with van der Waals surface area (Å²) in [5, 5.41) is 6.46. The van der Waals surface area contributed by atoms with Crippen molar-refractivity contribution >= 4 is 33.9 Å². The lowest BCUT2D eigenvalue weighted by Gasteiger charge is -2.23. The van der Waals surface area contributed by atoms with Gasteiger partial charge in [-0.25, -0.2) is 4.98 Å². The Morgan fingerprint density at radius 1 is 1.30 bits per heavy atom. The number of thiazole rings is 1. The Labute approximate surface area is 164 Å². The minimum absolute atomic E-state index is 0.0130. The van der Waals surface area contributed by atoms with E-state index in [1.807, 2.05) is 13.0 Å². The molecule has 7 heteroatoms. The van der Waals surface area contributed by atoms with Crippen molar-refractivity contribution in [2.24, 2.45) is 11.7 Å². The molecule has 1 aromatic carbocycles. The Balaban J connectivity index is 2.11. The summed E-state index contributed by atoms with van der Waals surface area (Å²) in [6.07, 6.45) is 1.78. The van der Waals surface area contributed by atoms with Crippen LogP contribution in [-0.2, 0) is 16.0 Å². The van der Waals surface area contributed by atoms with E-state index in [1.165, 1.54) is 5.56 Å². The van der Waals surface area contributed by atoms with Gasteiger partial charge >= 0.3 is 0 Å². The zero-order chi connectivity index (χ0) is 20.0. The van der Waals surface area contributed by atoms with Gasteiger partial charge in [0.05, 0.1) is 15.2 Å². The second-order valence-electron chi connectivity index (χ2n) is 7.38. The molecular weight excluding hydrogens is 360 g/mol. The van der Waals surface area contributed by atoms with Gasteiger partial charge in [0.1, 0.15) is 6.04 Å². The van der Waals surface area contributed by atoms with Crippen LogP contribution in [0.4, 0.5) is 0 Å². The molecule has 4 N–H and O–H groups in total. The summed E-state index contributed by atoms with van der Waals surface area (Å²) in [6.45, 7) is 8.91. The molecule has 0 fully saturated rings. The van der Waals surface area contributed by atoms with E-state index in [4.69, 9.17) is 5.73 Å². The number of fused-ring (bicyclic) bond motifs is 1. The van der Waals surface area contributed by atoms with Crippen molar-refractivity contribution in [2.75, 3.05) is 6.54 Å². The van der Waals surface area contributed by atoms with Crippen molar-refractivity contribution < 1.29 is 9.59 Å². The fraction of sp³-hybridized carbons (Fsp3) is 0.550. The molecule has 0 bridgehead atoms. The highest BCUT2D eigenvalue weighted by atomic mass is 32.1. The highest BCUT2D eigenvalue weighted by molar-refractivity contribution is 7.18. The molecule has 1 heterocycles. The number of aromatic nitrogens is 1. The van der Waals surface area contributed by atoms with Gasteiger partial charge in [-0.05, 0) is 49.4 Å². The third-order valence-electron chi connectivity index (χ3n) is 4.93. The number of hydrogen-bond acceptors (Lipinski definition) is 5. The van der Waals surface area contributed by atoms with Gasteiger partial charge in [0.25, 0.3) is 0 Å². The summed E-state index contributed by atoms with van der Waals surface area (Å²) < 4.78 is 1.10. The van der Waals surface area contributed by atoms with Gasteiger partial charge in [-0.15, -0.1) is 11.3 Å². The van der Waals surface area contributed by atoms with E-state index in [1.54, 1.807) is 11.3 Å². The van der Waals surface area contributed by atoms with Crippen molar-refractivity contribution in [3.05, 3.63) is 28.8 Å². The minimum atomic E-state index is -0.639. The average Bonchev–Trinajstić information content (AvgIpc) is 3.02. The lowest BCUT2D eigenvalue weighted by molar-refractivity contribution is -0.126. The Morgan fingerprint density at radius 3 is 2.67 bits per heavy atom. The highest BCUT2D eigenvalue weighted by Crippen LogP contribution is 2.27. The number of nitrogens with two attached hydrogens (primary N) is 1. The van der Waals surface area contributed by atoms with E-state index in [2.05, 4.69) is 48.5 Å². The topological polar surface area (TPSA) is 97.1 Å².